The Morgan fingerprint density at radius 2 is 2.10 bits per heavy atom. The van der Waals surface area contributed by atoms with E-state index < -0.39 is 0 Å². The fourth-order valence-corrected chi connectivity index (χ4v) is 3.10. The summed E-state index contributed by atoms with van der Waals surface area (Å²) >= 11 is 0. The molecule has 0 saturated heterocycles. The lowest BCUT2D eigenvalue weighted by molar-refractivity contribution is 0.427. The molecule has 1 saturated carbocycles. The molecule has 0 aliphatic heterocycles. The normalized spacial score (nSPS) is 19.4. The minimum absolute atomic E-state index is 0.588. The van der Waals surface area contributed by atoms with Crippen LogP contribution in [0.15, 0.2) is 42.6 Å². The minimum atomic E-state index is 0.588. The van der Waals surface area contributed by atoms with Crippen molar-refractivity contribution >= 4 is 5.57 Å². The van der Waals surface area contributed by atoms with E-state index in [0.717, 1.165) is 6.42 Å². The lowest BCUT2D eigenvalue weighted by Gasteiger charge is -2.25. The third-order valence-electron chi connectivity index (χ3n) is 4.21. The van der Waals surface area contributed by atoms with Crippen LogP contribution < -0.4 is 0 Å². The zero-order valence-electron chi connectivity index (χ0n) is 12.9. The van der Waals surface area contributed by atoms with Crippen molar-refractivity contribution in [3.63, 3.8) is 0 Å². The van der Waals surface area contributed by atoms with Gasteiger partial charge in [-0.05, 0) is 55.7 Å². The van der Waals surface area contributed by atoms with Crippen LogP contribution in [-0.2, 0) is 0 Å². The Morgan fingerprint density at radius 1 is 1.30 bits per heavy atom. The van der Waals surface area contributed by atoms with E-state index in [2.05, 4.69) is 49.2 Å². The fraction of sp³-hybridized carbons (Fsp3) is 0.526. The van der Waals surface area contributed by atoms with Gasteiger partial charge in [0.1, 0.15) is 0 Å². The van der Waals surface area contributed by atoms with Gasteiger partial charge in [-0.2, -0.15) is 0 Å². The number of rotatable bonds is 5. The van der Waals surface area contributed by atoms with E-state index in [0.29, 0.717) is 11.8 Å². The van der Waals surface area contributed by atoms with Gasteiger partial charge < -0.3 is 0 Å². The number of hydrogen-bond donors (Lipinski definition) is 0. The van der Waals surface area contributed by atoms with Crippen molar-refractivity contribution in [3.05, 3.63) is 48.3 Å². The summed E-state index contributed by atoms with van der Waals surface area (Å²) in [7, 11) is 0. The second-order valence-corrected chi connectivity index (χ2v) is 5.95. The van der Waals surface area contributed by atoms with E-state index in [1.165, 1.54) is 43.4 Å². The molecule has 0 amide bonds. The van der Waals surface area contributed by atoms with Gasteiger partial charge in [0, 0.05) is 6.20 Å². The number of allylic oxidation sites excluding steroid dienone is 4. The Kier molecular flexibility index (Phi) is 6.04. The first-order chi connectivity index (χ1) is 9.81. The highest BCUT2D eigenvalue weighted by atomic mass is 14.7. The number of aromatic nitrogens is 1. The first kappa shape index (κ1) is 15.0. The summed E-state index contributed by atoms with van der Waals surface area (Å²) in [5.41, 5.74) is 2.68. The smallest absolute Gasteiger partial charge is 0.0661 e. The Balaban J connectivity index is 2.21. The minimum Gasteiger partial charge on any atom is -0.257 e. The maximum absolute atomic E-state index is 4.60. The molecule has 2 rings (SSSR count). The van der Waals surface area contributed by atoms with Gasteiger partial charge in [0.25, 0.3) is 0 Å². The molecule has 1 atom stereocenters. The topological polar surface area (TPSA) is 12.9 Å². The molecule has 0 spiro atoms. The van der Waals surface area contributed by atoms with Gasteiger partial charge >= 0.3 is 0 Å². The van der Waals surface area contributed by atoms with Crippen LogP contribution in [0.4, 0.5) is 0 Å². The largest absolute Gasteiger partial charge is 0.257 e. The maximum Gasteiger partial charge on any atom is 0.0661 e. The van der Waals surface area contributed by atoms with Gasteiger partial charge in [-0.1, -0.05) is 50.5 Å². The molecular formula is C19H27N. The molecule has 1 aliphatic rings. The van der Waals surface area contributed by atoms with Crippen LogP contribution in [0.5, 0.6) is 0 Å². The van der Waals surface area contributed by atoms with Gasteiger partial charge in [0.2, 0.25) is 0 Å². The Hall–Kier alpha value is -1.37. The highest BCUT2D eigenvalue weighted by molar-refractivity contribution is 5.64. The molecule has 1 unspecified atom stereocenters. The zero-order valence-corrected chi connectivity index (χ0v) is 12.9. The molecule has 1 aromatic heterocycles. The second kappa shape index (κ2) is 8.04. The van der Waals surface area contributed by atoms with Crippen molar-refractivity contribution in [3.8, 4) is 0 Å². The van der Waals surface area contributed by atoms with Crippen LogP contribution in [0.25, 0.3) is 5.57 Å². The van der Waals surface area contributed by atoms with Crippen molar-refractivity contribution in [2.24, 2.45) is 11.8 Å². The lowest BCUT2D eigenvalue weighted by atomic mass is 9.81. The van der Waals surface area contributed by atoms with Crippen molar-refractivity contribution in [2.45, 2.75) is 52.4 Å². The predicted octanol–water partition coefficient (Wildman–Crippen LogP) is 5.65. The number of hydrogen-bond acceptors (Lipinski definition) is 1. The Bertz CT molecular complexity index is 438. The van der Waals surface area contributed by atoms with Crippen LogP contribution in [0, 0.1) is 11.8 Å². The average Bonchev–Trinajstić information content (AvgIpc) is 2.52. The van der Waals surface area contributed by atoms with Crippen LogP contribution >= 0.6 is 0 Å². The van der Waals surface area contributed by atoms with Crippen LogP contribution in [0.2, 0.25) is 0 Å². The van der Waals surface area contributed by atoms with Crippen LogP contribution in [0.3, 0.4) is 0 Å². The predicted molar refractivity (Wildman–Crippen MR) is 87.4 cm³/mol. The van der Waals surface area contributed by atoms with Gasteiger partial charge in [0.05, 0.1) is 5.69 Å². The lowest BCUT2D eigenvalue weighted by Crippen LogP contribution is -2.10. The van der Waals surface area contributed by atoms with Crippen molar-refractivity contribution in [1.82, 2.24) is 4.98 Å². The number of nitrogens with zero attached hydrogens (tertiary/aromatic N) is 1. The molecule has 1 aliphatic carbocycles. The summed E-state index contributed by atoms with van der Waals surface area (Å²) in [6.45, 7) is 4.41. The average molecular weight is 269 g/mol. The first-order valence-corrected chi connectivity index (χ1v) is 8.05. The summed E-state index contributed by atoms with van der Waals surface area (Å²) < 4.78 is 0. The monoisotopic (exact) mass is 269 g/mol. The van der Waals surface area contributed by atoms with Gasteiger partial charge in [-0.3, -0.25) is 4.98 Å². The Labute approximate surface area is 123 Å². The van der Waals surface area contributed by atoms with E-state index in [-0.39, 0.29) is 0 Å². The molecule has 108 valence electrons. The van der Waals surface area contributed by atoms with Gasteiger partial charge in [-0.25, -0.2) is 0 Å². The van der Waals surface area contributed by atoms with Crippen molar-refractivity contribution in [1.29, 1.82) is 0 Å². The van der Waals surface area contributed by atoms with Crippen molar-refractivity contribution < 1.29 is 0 Å². The highest BCUT2D eigenvalue weighted by Gasteiger charge is 2.20. The molecule has 1 fully saturated rings. The van der Waals surface area contributed by atoms with Gasteiger partial charge in [0.15, 0.2) is 0 Å². The highest BCUT2D eigenvalue weighted by Crippen LogP contribution is 2.35. The van der Waals surface area contributed by atoms with E-state index in [9.17, 15) is 0 Å². The summed E-state index contributed by atoms with van der Waals surface area (Å²) in [5.74, 6) is 1.30. The zero-order chi connectivity index (χ0) is 14.2. The molecule has 1 nitrogen and oxygen atoms in total. The van der Waals surface area contributed by atoms with Gasteiger partial charge in [-0.15, -0.1) is 0 Å². The molecule has 1 heteroatoms. The molecule has 1 aromatic rings. The SMILES string of the molecule is C/C=C/CC(C)/C=C(/c1ccccn1)C1CCCCC1. The number of pyridine rings is 1. The first-order valence-electron chi connectivity index (χ1n) is 8.05. The summed E-state index contributed by atoms with van der Waals surface area (Å²) in [6.07, 6.45) is 16.7. The molecule has 0 aromatic carbocycles. The molecule has 0 N–H and O–H groups in total. The van der Waals surface area contributed by atoms with Crippen LogP contribution in [-0.4, -0.2) is 4.98 Å². The molecule has 20 heavy (non-hydrogen) atoms. The second-order valence-electron chi connectivity index (χ2n) is 5.95. The maximum atomic E-state index is 4.60. The summed E-state index contributed by atoms with van der Waals surface area (Å²) in [5, 5.41) is 0. The van der Waals surface area contributed by atoms with Crippen molar-refractivity contribution in [2.75, 3.05) is 0 Å². The van der Waals surface area contributed by atoms with E-state index in [4.69, 9.17) is 0 Å². The quantitative estimate of drug-likeness (QED) is 0.630. The molecule has 0 bridgehead atoms. The fourth-order valence-electron chi connectivity index (χ4n) is 3.10. The van der Waals surface area contributed by atoms with E-state index >= 15 is 0 Å². The molecule has 0 radical (unpaired) electrons. The Morgan fingerprint density at radius 3 is 2.75 bits per heavy atom. The van der Waals surface area contributed by atoms with Crippen LogP contribution in [0.1, 0.15) is 58.1 Å². The van der Waals surface area contributed by atoms with E-state index in [1.807, 2.05) is 12.3 Å². The van der Waals surface area contributed by atoms with E-state index in [1.54, 1.807) is 0 Å². The third-order valence-corrected chi connectivity index (χ3v) is 4.21. The standard InChI is InChI=1S/C19H27N/c1-3-4-10-16(2)15-18(17-11-6-5-7-12-17)19-13-8-9-14-20-19/h3-4,8-9,13-17H,5-7,10-12H2,1-2H3/b4-3+,18-15+. The molecular weight excluding hydrogens is 242 g/mol. The summed E-state index contributed by atoms with van der Waals surface area (Å²) in [6, 6.07) is 6.28. The third kappa shape index (κ3) is 4.33. The summed E-state index contributed by atoms with van der Waals surface area (Å²) in [4.78, 5) is 4.60. The molecule has 1 heterocycles.